The van der Waals surface area contributed by atoms with E-state index >= 15 is 0 Å². The van der Waals surface area contributed by atoms with Gasteiger partial charge in [0.15, 0.2) is 0 Å². The molecule has 47 heavy (non-hydrogen) atoms. The molecule has 0 atom stereocenters. The molecule has 0 radical (unpaired) electrons. The fourth-order valence-electron chi connectivity index (χ4n) is 7.02. The monoisotopic (exact) mass is 619 g/mol. The number of rotatable bonds is 8. The quantitative estimate of drug-likeness (QED) is 0.160. The van der Waals surface area contributed by atoms with Crippen LogP contribution in [0.25, 0.3) is 33.2 Å². The largest absolute Gasteiger partial charge is 0.474 e. The van der Waals surface area contributed by atoms with E-state index in [4.69, 9.17) is 19.6 Å². The molecule has 1 aliphatic rings. The summed E-state index contributed by atoms with van der Waals surface area (Å²) in [5.74, 6) is 0.594. The molecule has 0 spiro atoms. The molecule has 1 fully saturated rings. The minimum atomic E-state index is -0.804. The predicted octanol–water partition coefficient (Wildman–Crippen LogP) is 8.43. The molecule has 1 aliphatic heterocycles. The topological polar surface area (TPSA) is 67.0 Å². The molecule has 7 nitrogen and oxygen atoms in total. The van der Waals surface area contributed by atoms with Gasteiger partial charge in [-0.15, -0.1) is 0 Å². The van der Waals surface area contributed by atoms with Gasteiger partial charge in [0, 0.05) is 30.6 Å². The number of hydrogen-bond acceptors (Lipinski definition) is 5. The molecule has 8 rings (SSSR count). The van der Waals surface area contributed by atoms with Gasteiger partial charge in [-0.3, -0.25) is 0 Å². The Kier molecular flexibility index (Phi) is 7.54. The first kappa shape index (κ1) is 29.2. The molecule has 1 saturated heterocycles. The van der Waals surface area contributed by atoms with Crippen molar-refractivity contribution in [3.8, 4) is 17.1 Å². The van der Waals surface area contributed by atoms with Crippen molar-refractivity contribution < 1.29 is 9.47 Å². The Bertz CT molecular complexity index is 2040. The summed E-state index contributed by atoms with van der Waals surface area (Å²) in [5, 5.41) is 6.51. The van der Waals surface area contributed by atoms with E-state index in [0.717, 1.165) is 62.7 Å². The highest BCUT2D eigenvalue weighted by Gasteiger charge is 2.41. The van der Waals surface area contributed by atoms with Crippen molar-refractivity contribution in [1.29, 1.82) is 0 Å². The third-order valence-corrected chi connectivity index (χ3v) is 9.30. The molecular weight excluding hydrogens is 582 g/mol. The van der Waals surface area contributed by atoms with Crippen LogP contribution in [0, 0.1) is 0 Å². The molecule has 0 aliphatic carbocycles. The lowest BCUT2D eigenvalue weighted by atomic mass is 9.77. The summed E-state index contributed by atoms with van der Waals surface area (Å²) in [6.07, 6.45) is 5.43. The van der Waals surface area contributed by atoms with Crippen LogP contribution in [0.3, 0.4) is 0 Å². The minimum absolute atomic E-state index is 0.0185. The molecule has 4 heterocycles. The van der Waals surface area contributed by atoms with E-state index in [1.54, 1.807) is 0 Å². The summed E-state index contributed by atoms with van der Waals surface area (Å²) >= 11 is 0. The van der Waals surface area contributed by atoms with Gasteiger partial charge in [-0.1, -0.05) is 97.1 Å². The molecule has 3 aromatic heterocycles. The normalized spacial score (nSPS) is 14.3. The van der Waals surface area contributed by atoms with E-state index in [0.29, 0.717) is 19.1 Å². The van der Waals surface area contributed by atoms with Crippen molar-refractivity contribution >= 4 is 21.9 Å². The van der Waals surface area contributed by atoms with E-state index in [9.17, 15) is 0 Å². The number of aromatic nitrogens is 5. The number of hydrogen-bond donors (Lipinski definition) is 0. The molecule has 7 heteroatoms. The maximum atomic E-state index is 6.75. The molecule has 4 aromatic carbocycles. The second-order valence-electron chi connectivity index (χ2n) is 12.5. The van der Waals surface area contributed by atoms with Crippen molar-refractivity contribution in [3.05, 3.63) is 144 Å². The number of fused-ring (bicyclic) bond motifs is 2. The Morgan fingerprint density at radius 3 is 1.96 bits per heavy atom. The van der Waals surface area contributed by atoms with Gasteiger partial charge in [0.25, 0.3) is 0 Å². The Morgan fingerprint density at radius 1 is 0.745 bits per heavy atom. The first-order valence-electron chi connectivity index (χ1n) is 16.4. The Hall–Kier alpha value is -5.27. The van der Waals surface area contributed by atoms with Crippen LogP contribution in [-0.2, 0) is 10.3 Å². The smallest absolute Gasteiger partial charge is 0.225 e. The first-order valence-corrected chi connectivity index (χ1v) is 16.4. The summed E-state index contributed by atoms with van der Waals surface area (Å²) < 4.78 is 16.8. The SMILES string of the molecule is CC(C)n1cnc2ccc(-c3nn(C(c4ccccc4)(c4ccccc4)c4ccccc4)c4ccnc(OC5CCOCC5)c34)cc21. The third-order valence-electron chi connectivity index (χ3n) is 9.30. The molecular formula is C40H37N5O2. The molecule has 7 aromatic rings. The van der Waals surface area contributed by atoms with Crippen LogP contribution >= 0.6 is 0 Å². The number of benzene rings is 4. The van der Waals surface area contributed by atoms with Gasteiger partial charge in [-0.25, -0.2) is 14.6 Å². The van der Waals surface area contributed by atoms with Gasteiger partial charge >= 0.3 is 0 Å². The fraction of sp³-hybridized carbons (Fsp3) is 0.225. The van der Waals surface area contributed by atoms with Crippen LogP contribution < -0.4 is 4.74 Å². The number of pyridine rings is 1. The summed E-state index contributed by atoms with van der Waals surface area (Å²) in [6.45, 7) is 5.72. The number of ether oxygens (including phenoxy) is 2. The standard InChI is InChI=1S/C40H37N5O2/c1-28(2)44-27-42-34-19-18-29(26-36(34)44)38-37-35(20-23-41-39(37)47-33-21-24-46-25-22-33)45(43-38)40(30-12-6-3-7-13-30,31-14-8-4-9-15-31)32-16-10-5-11-17-32/h3-20,23,26-28,33H,21-22,24-25H2,1-2H3. The van der Waals surface area contributed by atoms with Gasteiger partial charge in [0.1, 0.15) is 17.3 Å². The maximum absolute atomic E-state index is 6.75. The van der Waals surface area contributed by atoms with E-state index in [-0.39, 0.29) is 12.1 Å². The highest BCUT2D eigenvalue weighted by atomic mass is 16.5. The van der Waals surface area contributed by atoms with Gasteiger partial charge in [0.05, 0.1) is 41.5 Å². The minimum Gasteiger partial charge on any atom is -0.474 e. The second-order valence-corrected chi connectivity index (χ2v) is 12.5. The average molecular weight is 620 g/mol. The maximum Gasteiger partial charge on any atom is 0.225 e. The molecule has 0 bridgehead atoms. The zero-order valence-corrected chi connectivity index (χ0v) is 26.7. The van der Waals surface area contributed by atoms with Gasteiger partial charge in [-0.2, -0.15) is 5.10 Å². The van der Waals surface area contributed by atoms with Gasteiger partial charge < -0.3 is 14.0 Å². The molecule has 0 unspecified atom stereocenters. The van der Waals surface area contributed by atoms with Crippen molar-refractivity contribution in [2.24, 2.45) is 0 Å². The van der Waals surface area contributed by atoms with Crippen LogP contribution in [0.5, 0.6) is 5.88 Å². The average Bonchev–Trinajstić information content (AvgIpc) is 3.74. The summed E-state index contributed by atoms with van der Waals surface area (Å²) in [6, 6.07) is 40.7. The van der Waals surface area contributed by atoms with E-state index < -0.39 is 5.54 Å². The van der Waals surface area contributed by atoms with E-state index in [1.807, 2.05) is 12.5 Å². The lowest BCUT2D eigenvalue weighted by Crippen LogP contribution is -2.38. The van der Waals surface area contributed by atoms with Crippen LogP contribution in [0.4, 0.5) is 0 Å². The van der Waals surface area contributed by atoms with Crippen molar-refractivity contribution in [2.75, 3.05) is 13.2 Å². The Morgan fingerprint density at radius 2 is 1.36 bits per heavy atom. The summed E-state index contributed by atoms with van der Waals surface area (Å²) in [7, 11) is 0. The van der Waals surface area contributed by atoms with Crippen molar-refractivity contribution in [3.63, 3.8) is 0 Å². The zero-order valence-electron chi connectivity index (χ0n) is 26.7. The highest BCUT2D eigenvalue weighted by molar-refractivity contribution is 5.99. The van der Waals surface area contributed by atoms with Crippen LogP contribution in [0.2, 0.25) is 0 Å². The van der Waals surface area contributed by atoms with Crippen molar-refractivity contribution in [2.45, 2.75) is 44.4 Å². The molecule has 0 saturated carbocycles. The first-order chi connectivity index (χ1) is 23.1. The van der Waals surface area contributed by atoms with Crippen LogP contribution in [0.1, 0.15) is 49.4 Å². The van der Waals surface area contributed by atoms with Crippen LogP contribution in [0.15, 0.2) is 128 Å². The summed E-state index contributed by atoms with van der Waals surface area (Å²) in [4.78, 5) is 9.55. The fourth-order valence-corrected chi connectivity index (χ4v) is 7.02. The Balaban J connectivity index is 1.47. The second kappa shape index (κ2) is 12.2. The predicted molar refractivity (Wildman–Crippen MR) is 186 cm³/mol. The lowest BCUT2D eigenvalue weighted by molar-refractivity contribution is 0.0244. The lowest BCUT2D eigenvalue weighted by Gasteiger charge is -2.37. The zero-order chi connectivity index (χ0) is 31.8. The van der Waals surface area contributed by atoms with E-state index in [1.165, 1.54) is 0 Å². The van der Waals surface area contributed by atoms with E-state index in [2.05, 4.69) is 143 Å². The molecule has 0 N–H and O–H groups in total. The summed E-state index contributed by atoms with van der Waals surface area (Å²) in [5.41, 5.74) is 7.26. The Labute approximate surface area is 274 Å². The molecule has 234 valence electrons. The number of nitrogens with zero attached hydrogens (tertiary/aromatic N) is 5. The highest BCUT2D eigenvalue weighted by Crippen LogP contribution is 2.45. The van der Waals surface area contributed by atoms with Crippen molar-refractivity contribution in [1.82, 2.24) is 24.3 Å². The van der Waals surface area contributed by atoms with Crippen LogP contribution in [-0.4, -0.2) is 43.6 Å². The van der Waals surface area contributed by atoms with Gasteiger partial charge in [-0.05, 0) is 48.7 Å². The third kappa shape index (κ3) is 4.98. The number of imidazole rings is 1. The molecule has 0 amide bonds. The van der Waals surface area contributed by atoms with Gasteiger partial charge in [0.2, 0.25) is 5.88 Å².